The Morgan fingerprint density at radius 2 is 2.04 bits per heavy atom. The van der Waals surface area contributed by atoms with Crippen LogP contribution in [-0.2, 0) is 0 Å². The predicted molar refractivity (Wildman–Crippen MR) is 91.0 cm³/mol. The van der Waals surface area contributed by atoms with Gasteiger partial charge in [0.15, 0.2) is 0 Å². The first-order chi connectivity index (χ1) is 11.6. The smallest absolute Gasteiger partial charge is 0.263 e. The maximum Gasteiger partial charge on any atom is 0.263 e. The van der Waals surface area contributed by atoms with E-state index in [0.717, 1.165) is 10.0 Å². The third kappa shape index (κ3) is 2.52. The first kappa shape index (κ1) is 14.8. The molecule has 0 radical (unpaired) electrons. The van der Waals surface area contributed by atoms with Gasteiger partial charge >= 0.3 is 0 Å². The van der Waals surface area contributed by atoms with E-state index in [1.54, 1.807) is 0 Å². The molecule has 2 heterocycles. The highest BCUT2D eigenvalue weighted by Gasteiger charge is 2.15. The third-order valence-corrected chi connectivity index (χ3v) is 4.08. The molecule has 5 nitrogen and oxygen atoms in total. The molecule has 2 aromatic carbocycles. The van der Waals surface area contributed by atoms with Crippen molar-refractivity contribution in [3.05, 3.63) is 69.2 Å². The molecule has 0 amide bonds. The Labute approximate surface area is 143 Å². The van der Waals surface area contributed by atoms with Gasteiger partial charge in [0.2, 0.25) is 11.3 Å². The lowest BCUT2D eigenvalue weighted by atomic mass is 10.1. The summed E-state index contributed by atoms with van der Waals surface area (Å²) in [5.41, 5.74) is 1.12. The van der Waals surface area contributed by atoms with Crippen molar-refractivity contribution in [3.63, 3.8) is 0 Å². The van der Waals surface area contributed by atoms with Crippen molar-refractivity contribution < 1.29 is 8.91 Å². The van der Waals surface area contributed by atoms with Crippen LogP contribution in [0.15, 0.2) is 62.5 Å². The zero-order valence-corrected chi connectivity index (χ0v) is 13.7. The van der Waals surface area contributed by atoms with E-state index in [1.807, 2.05) is 24.3 Å². The van der Waals surface area contributed by atoms with Crippen molar-refractivity contribution in [2.45, 2.75) is 0 Å². The van der Waals surface area contributed by atoms with Gasteiger partial charge < -0.3 is 9.51 Å². The molecule has 4 aromatic rings. The molecular weight excluding hydrogens is 377 g/mol. The van der Waals surface area contributed by atoms with Gasteiger partial charge in [0.25, 0.3) is 5.89 Å². The molecule has 24 heavy (non-hydrogen) atoms. The Balaban J connectivity index is 1.84. The van der Waals surface area contributed by atoms with E-state index in [9.17, 15) is 9.18 Å². The van der Waals surface area contributed by atoms with Crippen molar-refractivity contribution >= 4 is 26.8 Å². The summed E-state index contributed by atoms with van der Waals surface area (Å²) < 4.78 is 19.5. The van der Waals surface area contributed by atoms with Crippen LogP contribution in [-0.4, -0.2) is 15.1 Å². The SMILES string of the molecule is O=c1c(-c2nc(-c3cccc(Br)c3)no2)c[nH]c2ccc(F)cc12. The van der Waals surface area contributed by atoms with Gasteiger partial charge in [-0.1, -0.05) is 33.2 Å². The summed E-state index contributed by atoms with van der Waals surface area (Å²) in [4.78, 5) is 19.8. The number of aromatic nitrogens is 3. The number of benzene rings is 2. The molecule has 0 bridgehead atoms. The van der Waals surface area contributed by atoms with Gasteiger partial charge in [0.05, 0.1) is 0 Å². The van der Waals surface area contributed by atoms with E-state index in [-0.39, 0.29) is 22.3 Å². The van der Waals surface area contributed by atoms with Crippen LogP contribution in [0.3, 0.4) is 0 Å². The van der Waals surface area contributed by atoms with Gasteiger partial charge in [0, 0.05) is 27.1 Å². The Morgan fingerprint density at radius 3 is 2.88 bits per heavy atom. The van der Waals surface area contributed by atoms with E-state index < -0.39 is 5.82 Å². The van der Waals surface area contributed by atoms with Crippen LogP contribution in [0.25, 0.3) is 33.7 Å². The van der Waals surface area contributed by atoms with Gasteiger partial charge in [0.1, 0.15) is 11.4 Å². The van der Waals surface area contributed by atoms with E-state index >= 15 is 0 Å². The largest absolute Gasteiger partial charge is 0.360 e. The van der Waals surface area contributed by atoms with E-state index in [0.29, 0.717) is 11.3 Å². The normalized spacial score (nSPS) is 11.1. The Morgan fingerprint density at radius 1 is 1.17 bits per heavy atom. The molecule has 0 fully saturated rings. The summed E-state index contributed by atoms with van der Waals surface area (Å²) >= 11 is 3.38. The molecule has 2 aromatic heterocycles. The molecule has 4 rings (SSSR count). The molecule has 118 valence electrons. The Kier molecular flexibility index (Phi) is 3.50. The number of hydrogen-bond donors (Lipinski definition) is 1. The fourth-order valence-corrected chi connectivity index (χ4v) is 2.83. The Bertz CT molecular complexity index is 1120. The Hall–Kier alpha value is -2.80. The zero-order valence-electron chi connectivity index (χ0n) is 12.1. The second kappa shape index (κ2) is 5.68. The van der Waals surface area contributed by atoms with Crippen LogP contribution in [0.5, 0.6) is 0 Å². The lowest BCUT2D eigenvalue weighted by Gasteiger charge is -1.99. The quantitative estimate of drug-likeness (QED) is 0.562. The van der Waals surface area contributed by atoms with E-state index in [2.05, 4.69) is 31.1 Å². The summed E-state index contributed by atoms with van der Waals surface area (Å²) in [5.74, 6) is -0.0343. The number of pyridine rings is 1. The van der Waals surface area contributed by atoms with Crippen LogP contribution in [0.4, 0.5) is 4.39 Å². The summed E-state index contributed by atoms with van der Waals surface area (Å²) in [6.45, 7) is 0. The van der Waals surface area contributed by atoms with Crippen molar-refractivity contribution in [3.8, 4) is 22.8 Å². The third-order valence-electron chi connectivity index (χ3n) is 3.58. The molecule has 0 aliphatic heterocycles. The number of aromatic amines is 1. The van der Waals surface area contributed by atoms with E-state index in [1.165, 1.54) is 24.4 Å². The van der Waals surface area contributed by atoms with E-state index in [4.69, 9.17) is 4.52 Å². The van der Waals surface area contributed by atoms with Crippen molar-refractivity contribution in [2.75, 3.05) is 0 Å². The van der Waals surface area contributed by atoms with Crippen molar-refractivity contribution in [1.29, 1.82) is 0 Å². The molecule has 0 saturated carbocycles. The average molecular weight is 386 g/mol. The highest BCUT2D eigenvalue weighted by atomic mass is 79.9. The fraction of sp³-hybridized carbons (Fsp3) is 0. The van der Waals surface area contributed by atoms with Gasteiger partial charge in [-0.15, -0.1) is 0 Å². The zero-order chi connectivity index (χ0) is 16.7. The first-order valence-electron chi connectivity index (χ1n) is 7.03. The number of nitrogens with one attached hydrogen (secondary N) is 1. The molecule has 0 saturated heterocycles. The van der Waals surface area contributed by atoms with Crippen LogP contribution in [0, 0.1) is 5.82 Å². The number of H-pyrrole nitrogens is 1. The topological polar surface area (TPSA) is 71.8 Å². The second-order valence-corrected chi connectivity index (χ2v) is 6.07. The van der Waals surface area contributed by atoms with Crippen LogP contribution in [0.1, 0.15) is 0 Å². The predicted octanol–water partition coefficient (Wildman–Crippen LogP) is 4.15. The maximum atomic E-state index is 13.4. The van der Waals surface area contributed by atoms with Crippen LogP contribution in [0.2, 0.25) is 0 Å². The summed E-state index contributed by atoms with van der Waals surface area (Å²) in [6.07, 6.45) is 1.49. The number of nitrogens with zero attached hydrogens (tertiary/aromatic N) is 2. The molecular formula is C17H9BrFN3O2. The highest BCUT2D eigenvalue weighted by molar-refractivity contribution is 9.10. The number of halogens is 2. The molecule has 0 atom stereocenters. The lowest BCUT2D eigenvalue weighted by molar-refractivity contribution is 0.432. The summed E-state index contributed by atoms with van der Waals surface area (Å²) in [5, 5.41) is 4.14. The van der Waals surface area contributed by atoms with Crippen molar-refractivity contribution in [1.82, 2.24) is 15.1 Å². The van der Waals surface area contributed by atoms with Gasteiger partial charge in [-0.3, -0.25) is 4.79 Å². The lowest BCUT2D eigenvalue weighted by Crippen LogP contribution is -2.06. The molecule has 0 aliphatic rings. The van der Waals surface area contributed by atoms with Gasteiger partial charge in [-0.25, -0.2) is 4.39 Å². The highest BCUT2D eigenvalue weighted by Crippen LogP contribution is 2.23. The minimum absolute atomic E-state index is 0.0809. The number of rotatable bonds is 2. The fourth-order valence-electron chi connectivity index (χ4n) is 2.43. The van der Waals surface area contributed by atoms with Crippen LogP contribution < -0.4 is 5.43 Å². The monoisotopic (exact) mass is 385 g/mol. The van der Waals surface area contributed by atoms with Crippen LogP contribution >= 0.6 is 15.9 Å². The molecule has 7 heteroatoms. The number of fused-ring (bicyclic) bond motifs is 1. The van der Waals surface area contributed by atoms with Crippen molar-refractivity contribution in [2.24, 2.45) is 0 Å². The standard InChI is InChI=1S/C17H9BrFN3O2/c18-10-3-1-2-9(6-10)16-21-17(24-22-16)13-8-20-14-5-4-11(19)7-12(14)15(13)23/h1-8H,(H,20,23). The second-order valence-electron chi connectivity index (χ2n) is 5.15. The molecule has 0 unspecified atom stereocenters. The average Bonchev–Trinajstić information content (AvgIpc) is 3.05. The maximum absolute atomic E-state index is 13.4. The molecule has 0 aliphatic carbocycles. The number of hydrogen-bond acceptors (Lipinski definition) is 4. The minimum atomic E-state index is -0.481. The minimum Gasteiger partial charge on any atom is -0.360 e. The summed E-state index contributed by atoms with van der Waals surface area (Å²) in [6, 6.07) is 11.4. The van der Waals surface area contributed by atoms with Gasteiger partial charge in [-0.2, -0.15) is 4.98 Å². The van der Waals surface area contributed by atoms with Gasteiger partial charge in [-0.05, 0) is 30.3 Å². The summed E-state index contributed by atoms with van der Waals surface area (Å²) in [7, 11) is 0. The molecule has 0 spiro atoms. The molecule has 1 N–H and O–H groups in total. The first-order valence-corrected chi connectivity index (χ1v) is 7.82.